The lowest BCUT2D eigenvalue weighted by atomic mass is 10.1. The molecule has 0 aliphatic heterocycles. The number of nitrogens with one attached hydrogen (secondary N) is 1. The molecule has 4 aromatic rings. The molecule has 1 atom stereocenters. The van der Waals surface area contributed by atoms with Crippen LogP contribution in [0.1, 0.15) is 24.1 Å². The van der Waals surface area contributed by atoms with E-state index in [1.54, 1.807) is 16.7 Å². The lowest BCUT2D eigenvalue weighted by Gasteiger charge is -2.20. The van der Waals surface area contributed by atoms with Crippen LogP contribution in [0.3, 0.4) is 0 Å². The van der Waals surface area contributed by atoms with Crippen molar-refractivity contribution in [2.45, 2.75) is 24.5 Å². The molecule has 0 radical (unpaired) electrons. The third-order valence-electron chi connectivity index (χ3n) is 5.26. The number of rotatable bonds is 7. The van der Waals surface area contributed by atoms with Crippen LogP contribution in [-0.4, -0.2) is 27.1 Å². The number of fused-ring (bicyclic) bond motifs is 1. The van der Waals surface area contributed by atoms with Crippen molar-refractivity contribution in [2.75, 3.05) is 5.75 Å². The summed E-state index contributed by atoms with van der Waals surface area (Å²) < 4.78 is 1.61. The van der Waals surface area contributed by atoms with Gasteiger partial charge in [-0.05, 0) is 30.2 Å². The summed E-state index contributed by atoms with van der Waals surface area (Å²) >= 11 is 1.14. The Morgan fingerprint density at radius 3 is 2.27 bits per heavy atom. The third kappa shape index (κ3) is 5.38. The number of aromatic nitrogens is 2. The van der Waals surface area contributed by atoms with Gasteiger partial charge in [0.05, 0.1) is 29.1 Å². The Labute approximate surface area is 195 Å². The zero-order chi connectivity index (χ0) is 23.2. The second kappa shape index (κ2) is 10.3. The van der Waals surface area contributed by atoms with Crippen LogP contribution in [-0.2, 0) is 16.0 Å². The molecule has 0 fully saturated rings. The van der Waals surface area contributed by atoms with Gasteiger partial charge >= 0.3 is 0 Å². The zero-order valence-electron chi connectivity index (χ0n) is 18.1. The lowest BCUT2D eigenvalue weighted by molar-refractivity contribution is -0.128. The van der Waals surface area contributed by atoms with E-state index in [9.17, 15) is 14.4 Å². The Morgan fingerprint density at radius 2 is 1.55 bits per heavy atom. The van der Waals surface area contributed by atoms with Gasteiger partial charge in [0.2, 0.25) is 11.8 Å². The zero-order valence-corrected chi connectivity index (χ0v) is 18.9. The van der Waals surface area contributed by atoms with Gasteiger partial charge in [0.25, 0.3) is 5.56 Å². The van der Waals surface area contributed by atoms with Crippen molar-refractivity contribution in [1.82, 2.24) is 14.9 Å². The van der Waals surface area contributed by atoms with Crippen LogP contribution >= 0.6 is 11.8 Å². The van der Waals surface area contributed by atoms with Crippen molar-refractivity contribution in [1.29, 1.82) is 0 Å². The number of para-hydroxylation sites is 1. The van der Waals surface area contributed by atoms with Crippen LogP contribution in [0.25, 0.3) is 10.9 Å². The molecule has 0 saturated carbocycles. The molecule has 3 aromatic carbocycles. The van der Waals surface area contributed by atoms with Gasteiger partial charge in [0.1, 0.15) is 0 Å². The fraction of sp³-hybridized carbons (Fsp3) is 0.154. The standard InChI is InChI=1S/C26H23N3O3S/c1-18(20-12-6-3-7-13-20)29-25(32)21-14-8-9-15-22(21)27-26(29)33-17-24(31)28-23(30)16-19-10-4-2-5-11-19/h2-15,18H,16-17H2,1H3,(H,28,30,31). The summed E-state index contributed by atoms with van der Waals surface area (Å²) in [6.45, 7) is 1.93. The smallest absolute Gasteiger partial charge is 0.262 e. The first-order valence-electron chi connectivity index (χ1n) is 10.6. The van der Waals surface area contributed by atoms with Crippen LogP contribution in [0.5, 0.6) is 0 Å². The van der Waals surface area contributed by atoms with Crippen LogP contribution in [0.15, 0.2) is 94.9 Å². The molecular weight excluding hydrogens is 434 g/mol. The molecular formula is C26H23N3O3S. The molecule has 0 aliphatic rings. The fourth-order valence-electron chi connectivity index (χ4n) is 3.60. The van der Waals surface area contributed by atoms with E-state index in [1.807, 2.05) is 79.7 Å². The van der Waals surface area contributed by atoms with Gasteiger partial charge in [-0.1, -0.05) is 84.6 Å². The van der Waals surface area contributed by atoms with E-state index in [1.165, 1.54) is 0 Å². The van der Waals surface area contributed by atoms with Crippen molar-refractivity contribution in [2.24, 2.45) is 0 Å². The van der Waals surface area contributed by atoms with Crippen molar-refractivity contribution >= 4 is 34.5 Å². The molecule has 166 valence electrons. The minimum Gasteiger partial charge on any atom is -0.295 e. The number of benzene rings is 3. The Morgan fingerprint density at radius 1 is 0.909 bits per heavy atom. The summed E-state index contributed by atoms with van der Waals surface area (Å²) in [4.78, 5) is 42.7. The first-order valence-corrected chi connectivity index (χ1v) is 11.6. The van der Waals surface area contributed by atoms with Crippen LogP contribution < -0.4 is 10.9 Å². The summed E-state index contributed by atoms with van der Waals surface area (Å²) in [5, 5.41) is 3.37. The summed E-state index contributed by atoms with van der Waals surface area (Å²) in [6, 6.07) is 25.8. The summed E-state index contributed by atoms with van der Waals surface area (Å²) in [5.74, 6) is -0.831. The Bertz CT molecular complexity index is 1340. The number of carbonyl (C=O) groups excluding carboxylic acids is 2. The normalized spacial score (nSPS) is 11.8. The molecule has 0 spiro atoms. The number of carbonyl (C=O) groups is 2. The number of imide groups is 1. The predicted octanol–water partition coefficient (Wildman–Crippen LogP) is 3.98. The molecule has 33 heavy (non-hydrogen) atoms. The van der Waals surface area contributed by atoms with Gasteiger partial charge < -0.3 is 0 Å². The van der Waals surface area contributed by atoms with Gasteiger partial charge in [0.15, 0.2) is 5.16 Å². The number of hydrogen-bond acceptors (Lipinski definition) is 5. The first kappa shape index (κ1) is 22.5. The van der Waals surface area contributed by atoms with Crippen molar-refractivity contribution in [3.8, 4) is 0 Å². The number of nitrogens with zero attached hydrogens (tertiary/aromatic N) is 2. The lowest BCUT2D eigenvalue weighted by Crippen LogP contribution is -2.33. The first-order chi connectivity index (χ1) is 16.0. The largest absolute Gasteiger partial charge is 0.295 e. The van der Waals surface area contributed by atoms with E-state index in [2.05, 4.69) is 10.3 Å². The van der Waals surface area contributed by atoms with Crippen molar-refractivity contribution in [3.05, 3.63) is 106 Å². The van der Waals surface area contributed by atoms with E-state index < -0.39 is 5.91 Å². The van der Waals surface area contributed by atoms with E-state index in [0.29, 0.717) is 16.1 Å². The Kier molecular flexibility index (Phi) is 7.00. The molecule has 6 nitrogen and oxygen atoms in total. The molecule has 1 heterocycles. The molecule has 1 unspecified atom stereocenters. The van der Waals surface area contributed by atoms with Gasteiger partial charge in [0, 0.05) is 0 Å². The molecule has 0 saturated heterocycles. The molecule has 1 aromatic heterocycles. The molecule has 7 heteroatoms. The van der Waals surface area contributed by atoms with Gasteiger partial charge in [-0.25, -0.2) is 4.98 Å². The van der Waals surface area contributed by atoms with Crippen molar-refractivity contribution in [3.63, 3.8) is 0 Å². The average Bonchev–Trinajstić information content (AvgIpc) is 2.83. The maximum absolute atomic E-state index is 13.3. The van der Waals surface area contributed by atoms with E-state index in [4.69, 9.17) is 0 Å². The van der Waals surface area contributed by atoms with Crippen LogP contribution in [0.2, 0.25) is 0 Å². The second-order valence-electron chi connectivity index (χ2n) is 7.60. The minimum absolute atomic E-state index is 0.0349. The highest BCUT2D eigenvalue weighted by Crippen LogP contribution is 2.24. The SMILES string of the molecule is CC(c1ccccc1)n1c(SCC(=O)NC(=O)Cc2ccccc2)nc2ccccc2c1=O. The topological polar surface area (TPSA) is 81.1 Å². The van der Waals surface area contributed by atoms with Gasteiger partial charge in [-0.3, -0.25) is 24.3 Å². The minimum atomic E-state index is -0.428. The molecule has 0 aliphatic carbocycles. The van der Waals surface area contributed by atoms with E-state index in [0.717, 1.165) is 22.9 Å². The molecule has 2 amide bonds. The average molecular weight is 458 g/mol. The predicted molar refractivity (Wildman–Crippen MR) is 130 cm³/mol. The van der Waals surface area contributed by atoms with E-state index >= 15 is 0 Å². The molecule has 1 N–H and O–H groups in total. The van der Waals surface area contributed by atoms with Crippen molar-refractivity contribution < 1.29 is 9.59 Å². The molecule has 0 bridgehead atoms. The molecule has 4 rings (SSSR count). The van der Waals surface area contributed by atoms with Gasteiger partial charge in [-0.2, -0.15) is 0 Å². The van der Waals surface area contributed by atoms with Gasteiger partial charge in [-0.15, -0.1) is 0 Å². The third-order valence-corrected chi connectivity index (χ3v) is 6.22. The summed E-state index contributed by atoms with van der Waals surface area (Å²) in [6.07, 6.45) is 0.126. The second-order valence-corrected chi connectivity index (χ2v) is 8.54. The summed E-state index contributed by atoms with van der Waals surface area (Å²) in [5.41, 5.74) is 2.19. The van der Waals surface area contributed by atoms with Crippen LogP contribution in [0.4, 0.5) is 0 Å². The Balaban J connectivity index is 1.55. The summed E-state index contributed by atoms with van der Waals surface area (Å²) in [7, 11) is 0. The van der Waals surface area contributed by atoms with Crippen LogP contribution in [0, 0.1) is 0 Å². The number of hydrogen-bond donors (Lipinski definition) is 1. The highest BCUT2D eigenvalue weighted by Gasteiger charge is 2.19. The highest BCUT2D eigenvalue weighted by atomic mass is 32.2. The monoisotopic (exact) mass is 457 g/mol. The quantitative estimate of drug-likeness (QED) is 0.335. The fourth-order valence-corrected chi connectivity index (χ4v) is 4.47. The Hall–Kier alpha value is -3.71. The maximum atomic E-state index is 13.3. The number of thioether (sulfide) groups is 1. The maximum Gasteiger partial charge on any atom is 0.262 e. The van der Waals surface area contributed by atoms with E-state index in [-0.39, 0.29) is 29.7 Å². The number of amides is 2. The highest BCUT2D eigenvalue weighted by molar-refractivity contribution is 7.99.